The summed E-state index contributed by atoms with van der Waals surface area (Å²) in [6, 6.07) is 2.02. The van der Waals surface area contributed by atoms with Crippen LogP contribution < -0.4 is 16.4 Å². The minimum atomic E-state index is -0.285. The van der Waals surface area contributed by atoms with Crippen LogP contribution in [0.2, 0.25) is 0 Å². The van der Waals surface area contributed by atoms with Crippen molar-refractivity contribution in [2.75, 3.05) is 31.2 Å². The molecule has 1 saturated heterocycles. The summed E-state index contributed by atoms with van der Waals surface area (Å²) in [6.07, 6.45) is 3.42. The molecule has 1 aliphatic heterocycles. The highest BCUT2D eigenvalue weighted by Crippen LogP contribution is 2.35. The molecule has 1 aromatic rings. The van der Waals surface area contributed by atoms with Crippen LogP contribution in [0.3, 0.4) is 0 Å². The first-order valence-electron chi connectivity index (χ1n) is 6.57. The van der Waals surface area contributed by atoms with Gasteiger partial charge in [-0.3, -0.25) is 4.79 Å². The SMILES string of the molecule is CNC(=O)c1c(NCC2CCCCO2)sc(C#N)c1N. The van der Waals surface area contributed by atoms with Crippen molar-refractivity contribution in [2.24, 2.45) is 0 Å². The molecule has 7 heteroatoms. The summed E-state index contributed by atoms with van der Waals surface area (Å²) in [5.41, 5.74) is 6.45. The second-order valence-electron chi connectivity index (χ2n) is 4.61. The van der Waals surface area contributed by atoms with Crippen molar-refractivity contribution >= 4 is 27.9 Å². The summed E-state index contributed by atoms with van der Waals surface area (Å²) >= 11 is 1.20. The number of nitrogen functional groups attached to an aromatic ring is 1. The van der Waals surface area contributed by atoms with E-state index in [-0.39, 0.29) is 17.7 Å². The number of anilines is 2. The van der Waals surface area contributed by atoms with Crippen LogP contribution in [0.15, 0.2) is 0 Å². The molecule has 0 saturated carbocycles. The molecule has 0 aromatic carbocycles. The Morgan fingerprint density at radius 2 is 2.40 bits per heavy atom. The third-order valence-electron chi connectivity index (χ3n) is 3.27. The number of carbonyl (C=O) groups excluding carboxylic acids is 1. The van der Waals surface area contributed by atoms with Gasteiger partial charge in [-0.15, -0.1) is 11.3 Å². The van der Waals surface area contributed by atoms with Crippen molar-refractivity contribution in [3.05, 3.63) is 10.4 Å². The number of thiophene rings is 1. The van der Waals surface area contributed by atoms with Crippen molar-refractivity contribution in [2.45, 2.75) is 25.4 Å². The second-order valence-corrected chi connectivity index (χ2v) is 5.63. The van der Waals surface area contributed by atoms with Crippen LogP contribution in [-0.4, -0.2) is 32.2 Å². The van der Waals surface area contributed by atoms with E-state index in [0.717, 1.165) is 25.9 Å². The Balaban J connectivity index is 2.13. The van der Waals surface area contributed by atoms with E-state index in [4.69, 9.17) is 15.7 Å². The normalized spacial score (nSPS) is 18.3. The lowest BCUT2D eigenvalue weighted by Crippen LogP contribution is -2.27. The first kappa shape index (κ1) is 14.6. The number of rotatable bonds is 4. The average Bonchev–Trinajstić information content (AvgIpc) is 2.81. The lowest BCUT2D eigenvalue weighted by atomic mass is 10.1. The lowest BCUT2D eigenvalue weighted by molar-refractivity contribution is 0.0248. The molecule has 20 heavy (non-hydrogen) atoms. The van der Waals surface area contributed by atoms with Gasteiger partial charge < -0.3 is 21.1 Å². The summed E-state index contributed by atoms with van der Waals surface area (Å²) < 4.78 is 5.64. The fraction of sp³-hybridized carbons (Fsp3) is 0.538. The van der Waals surface area contributed by atoms with E-state index in [9.17, 15) is 4.79 Å². The predicted molar refractivity (Wildman–Crippen MR) is 78.9 cm³/mol. The van der Waals surface area contributed by atoms with Crippen LogP contribution in [0.1, 0.15) is 34.5 Å². The summed E-state index contributed by atoms with van der Waals surface area (Å²) in [7, 11) is 1.54. The highest BCUT2D eigenvalue weighted by Gasteiger charge is 2.22. The van der Waals surface area contributed by atoms with E-state index in [1.165, 1.54) is 11.3 Å². The molecule has 1 unspecified atom stereocenters. The number of hydrogen-bond acceptors (Lipinski definition) is 6. The Labute approximate surface area is 121 Å². The fourth-order valence-corrected chi connectivity index (χ4v) is 3.10. The van der Waals surface area contributed by atoms with Crippen LogP contribution in [0.4, 0.5) is 10.7 Å². The van der Waals surface area contributed by atoms with Crippen molar-refractivity contribution < 1.29 is 9.53 Å². The van der Waals surface area contributed by atoms with Crippen molar-refractivity contribution in [1.29, 1.82) is 5.26 Å². The minimum absolute atomic E-state index is 0.148. The molecular weight excluding hydrogens is 276 g/mol. The van der Waals surface area contributed by atoms with Crippen molar-refractivity contribution in [3.8, 4) is 6.07 Å². The standard InChI is InChI=1S/C13H18N4O2S/c1-16-12(18)10-11(15)9(6-14)20-13(10)17-7-8-4-2-3-5-19-8/h8,17H,2-5,7,15H2,1H3,(H,16,18). The van der Waals surface area contributed by atoms with E-state index in [1.807, 2.05) is 6.07 Å². The van der Waals surface area contributed by atoms with E-state index >= 15 is 0 Å². The minimum Gasteiger partial charge on any atom is -0.396 e. The molecule has 2 heterocycles. The topological polar surface area (TPSA) is 100 Å². The molecule has 1 amide bonds. The summed E-state index contributed by atoms with van der Waals surface area (Å²) in [4.78, 5) is 12.2. The number of nitrogens with zero attached hydrogens (tertiary/aromatic N) is 1. The second kappa shape index (κ2) is 6.59. The zero-order valence-corrected chi connectivity index (χ0v) is 12.2. The van der Waals surface area contributed by atoms with Gasteiger partial charge in [0.25, 0.3) is 5.91 Å². The van der Waals surface area contributed by atoms with Crippen LogP contribution in [0.5, 0.6) is 0 Å². The van der Waals surface area contributed by atoms with Crippen molar-refractivity contribution in [1.82, 2.24) is 5.32 Å². The number of hydrogen-bond donors (Lipinski definition) is 3. The largest absolute Gasteiger partial charge is 0.396 e. The van der Waals surface area contributed by atoms with E-state index in [1.54, 1.807) is 7.05 Å². The van der Waals surface area contributed by atoms with Crippen LogP contribution in [-0.2, 0) is 4.74 Å². The molecule has 1 aliphatic rings. The van der Waals surface area contributed by atoms with E-state index in [2.05, 4.69) is 10.6 Å². The Kier molecular flexibility index (Phi) is 4.82. The van der Waals surface area contributed by atoms with E-state index < -0.39 is 0 Å². The molecule has 4 N–H and O–H groups in total. The first-order chi connectivity index (χ1) is 9.67. The van der Waals surface area contributed by atoms with Gasteiger partial charge in [-0.05, 0) is 19.3 Å². The number of carbonyl (C=O) groups is 1. The quantitative estimate of drug-likeness (QED) is 0.782. The smallest absolute Gasteiger partial charge is 0.256 e. The van der Waals surface area contributed by atoms with Gasteiger partial charge in [0.05, 0.1) is 17.4 Å². The molecule has 1 aromatic heterocycles. The number of nitrogens with two attached hydrogens (primary N) is 1. The molecule has 6 nitrogen and oxygen atoms in total. The van der Waals surface area contributed by atoms with Gasteiger partial charge in [0, 0.05) is 20.2 Å². The lowest BCUT2D eigenvalue weighted by Gasteiger charge is -2.23. The third kappa shape index (κ3) is 3.03. The predicted octanol–water partition coefficient (Wildman–Crippen LogP) is 1.54. The Morgan fingerprint density at radius 3 is 3.00 bits per heavy atom. The molecule has 2 rings (SSSR count). The van der Waals surface area contributed by atoms with Crippen LogP contribution in [0, 0.1) is 11.3 Å². The average molecular weight is 294 g/mol. The highest BCUT2D eigenvalue weighted by atomic mass is 32.1. The van der Waals surface area contributed by atoms with Crippen LogP contribution >= 0.6 is 11.3 Å². The molecule has 0 radical (unpaired) electrons. The monoisotopic (exact) mass is 294 g/mol. The van der Waals surface area contributed by atoms with Gasteiger partial charge in [-0.2, -0.15) is 5.26 Å². The number of ether oxygens (including phenoxy) is 1. The van der Waals surface area contributed by atoms with Gasteiger partial charge in [0.1, 0.15) is 15.9 Å². The maximum absolute atomic E-state index is 11.9. The zero-order valence-electron chi connectivity index (χ0n) is 11.4. The summed E-state index contributed by atoms with van der Waals surface area (Å²) in [6.45, 7) is 1.40. The molecule has 108 valence electrons. The first-order valence-corrected chi connectivity index (χ1v) is 7.39. The molecule has 0 bridgehead atoms. The maximum atomic E-state index is 11.9. The molecule has 0 aliphatic carbocycles. The fourth-order valence-electron chi connectivity index (χ4n) is 2.18. The van der Waals surface area contributed by atoms with Gasteiger partial charge in [-0.1, -0.05) is 0 Å². The number of amides is 1. The molecular formula is C13H18N4O2S. The maximum Gasteiger partial charge on any atom is 0.256 e. The summed E-state index contributed by atoms with van der Waals surface area (Å²) in [5.74, 6) is -0.285. The van der Waals surface area contributed by atoms with Crippen LogP contribution in [0.25, 0.3) is 0 Å². The zero-order chi connectivity index (χ0) is 14.5. The Bertz CT molecular complexity index is 529. The van der Waals surface area contributed by atoms with Gasteiger partial charge in [0.2, 0.25) is 0 Å². The van der Waals surface area contributed by atoms with Gasteiger partial charge >= 0.3 is 0 Å². The molecule has 0 spiro atoms. The van der Waals surface area contributed by atoms with E-state index in [0.29, 0.717) is 22.0 Å². The third-order valence-corrected chi connectivity index (χ3v) is 4.33. The Morgan fingerprint density at radius 1 is 1.60 bits per heavy atom. The van der Waals surface area contributed by atoms with Crippen molar-refractivity contribution in [3.63, 3.8) is 0 Å². The summed E-state index contributed by atoms with van der Waals surface area (Å²) in [5, 5.41) is 15.4. The van der Waals surface area contributed by atoms with Gasteiger partial charge in [-0.25, -0.2) is 0 Å². The number of nitriles is 1. The van der Waals surface area contributed by atoms with Gasteiger partial charge in [0.15, 0.2) is 0 Å². The molecule has 1 fully saturated rings. The number of nitrogens with one attached hydrogen (secondary N) is 2. The Hall–Kier alpha value is -1.78. The highest BCUT2D eigenvalue weighted by molar-refractivity contribution is 7.17. The molecule has 1 atom stereocenters.